The van der Waals surface area contributed by atoms with E-state index in [4.69, 9.17) is 14.6 Å². The zero-order valence-electron chi connectivity index (χ0n) is 13.7. The van der Waals surface area contributed by atoms with Gasteiger partial charge in [-0.2, -0.15) is 0 Å². The van der Waals surface area contributed by atoms with Crippen LogP contribution in [-0.2, 0) is 9.59 Å². The van der Waals surface area contributed by atoms with Gasteiger partial charge in [-0.25, -0.2) is 4.79 Å². The number of carbonyl (C=O) groups is 2. The molecule has 1 unspecified atom stereocenters. The second-order valence-electron chi connectivity index (χ2n) is 5.53. The van der Waals surface area contributed by atoms with Crippen LogP contribution in [0.3, 0.4) is 0 Å². The van der Waals surface area contributed by atoms with Crippen LogP contribution in [0.1, 0.15) is 33.3 Å². The van der Waals surface area contributed by atoms with Gasteiger partial charge in [0.15, 0.2) is 17.6 Å². The minimum atomic E-state index is -1.04. The quantitative estimate of drug-likeness (QED) is 0.845. The van der Waals surface area contributed by atoms with E-state index in [0.717, 1.165) is 6.08 Å². The van der Waals surface area contributed by atoms with Crippen molar-refractivity contribution in [2.75, 3.05) is 11.5 Å². The monoisotopic (exact) mass is 319 g/mol. The van der Waals surface area contributed by atoms with Crippen molar-refractivity contribution < 1.29 is 24.2 Å². The van der Waals surface area contributed by atoms with Crippen LogP contribution in [0, 0.1) is 0 Å². The lowest BCUT2D eigenvalue weighted by atomic mass is 10.1. The van der Waals surface area contributed by atoms with Gasteiger partial charge in [-0.05, 0) is 51.5 Å². The van der Waals surface area contributed by atoms with E-state index in [0.29, 0.717) is 29.4 Å². The van der Waals surface area contributed by atoms with Crippen molar-refractivity contribution in [2.24, 2.45) is 0 Å². The summed E-state index contributed by atoms with van der Waals surface area (Å²) in [6, 6.07) is 3.39. The maximum atomic E-state index is 12.4. The Kier molecular flexibility index (Phi) is 4.93. The standard InChI is InChI=1S/C17H21NO5/c1-5-22-14-9-12(6-7-15(19)20)8-13-16(14)23-11(4)17(21)18(13)10(2)3/h6-11H,5H2,1-4H3,(H,19,20)/b7-6+. The van der Waals surface area contributed by atoms with E-state index in [-0.39, 0.29) is 11.9 Å². The van der Waals surface area contributed by atoms with Crippen LogP contribution in [0.2, 0.25) is 0 Å². The zero-order valence-corrected chi connectivity index (χ0v) is 13.7. The molecule has 124 valence electrons. The Morgan fingerprint density at radius 1 is 1.48 bits per heavy atom. The molecule has 23 heavy (non-hydrogen) atoms. The summed E-state index contributed by atoms with van der Waals surface area (Å²) >= 11 is 0. The van der Waals surface area contributed by atoms with E-state index in [2.05, 4.69) is 0 Å². The number of aliphatic carboxylic acids is 1. The van der Waals surface area contributed by atoms with Gasteiger partial charge >= 0.3 is 5.97 Å². The van der Waals surface area contributed by atoms with Crippen LogP contribution < -0.4 is 14.4 Å². The highest BCUT2D eigenvalue weighted by Gasteiger charge is 2.35. The van der Waals surface area contributed by atoms with Gasteiger partial charge in [0.1, 0.15) is 0 Å². The number of fused-ring (bicyclic) bond motifs is 1. The smallest absolute Gasteiger partial charge is 0.328 e. The number of carboxylic acid groups (broad SMARTS) is 1. The van der Waals surface area contributed by atoms with E-state index < -0.39 is 12.1 Å². The van der Waals surface area contributed by atoms with Crippen molar-refractivity contribution in [2.45, 2.75) is 39.8 Å². The van der Waals surface area contributed by atoms with Crippen molar-refractivity contribution in [3.05, 3.63) is 23.8 Å². The number of hydrogen-bond donors (Lipinski definition) is 1. The Balaban J connectivity index is 2.60. The van der Waals surface area contributed by atoms with Crippen LogP contribution in [0.4, 0.5) is 5.69 Å². The summed E-state index contributed by atoms with van der Waals surface area (Å²) in [6.45, 7) is 7.82. The zero-order chi connectivity index (χ0) is 17.1. The Labute approximate surface area is 135 Å². The van der Waals surface area contributed by atoms with Gasteiger partial charge in [0.25, 0.3) is 5.91 Å². The number of hydrogen-bond acceptors (Lipinski definition) is 4. The number of carbonyl (C=O) groups excluding carboxylic acids is 1. The number of carboxylic acids is 1. The first-order valence-electron chi connectivity index (χ1n) is 7.56. The fraction of sp³-hybridized carbons (Fsp3) is 0.412. The number of anilines is 1. The summed E-state index contributed by atoms with van der Waals surface area (Å²) in [5, 5.41) is 8.80. The molecule has 0 fully saturated rings. The van der Waals surface area contributed by atoms with Gasteiger partial charge < -0.3 is 19.5 Å². The molecule has 0 spiro atoms. The van der Waals surface area contributed by atoms with Crippen molar-refractivity contribution >= 4 is 23.6 Å². The Hall–Kier alpha value is -2.50. The van der Waals surface area contributed by atoms with E-state index in [1.165, 1.54) is 6.08 Å². The predicted molar refractivity (Wildman–Crippen MR) is 87.0 cm³/mol. The van der Waals surface area contributed by atoms with Crippen molar-refractivity contribution in [3.8, 4) is 11.5 Å². The first kappa shape index (κ1) is 16.9. The molecular weight excluding hydrogens is 298 g/mol. The molecule has 0 aliphatic carbocycles. The minimum Gasteiger partial charge on any atom is -0.490 e. The molecule has 1 aliphatic rings. The van der Waals surface area contributed by atoms with Crippen LogP contribution >= 0.6 is 0 Å². The topological polar surface area (TPSA) is 76.1 Å². The van der Waals surface area contributed by atoms with E-state index in [1.54, 1.807) is 24.0 Å². The molecule has 1 heterocycles. The average Bonchev–Trinajstić information content (AvgIpc) is 2.47. The third-order valence-electron chi connectivity index (χ3n) is 3.43. The third-order valence-corrected chi connectivity index (χ3v) is 3.43. The highest BCUT2D eigenvalue weighted by atomic mass is 16.5. The summed E-state index contributed by atoms with van der Waals surface area (Å²) in [6.07, 6.45) is 1.92. The van der Waals surface area contributed by atoms with Gasteiger partial charge in [0.2, 0.25) is 0 Å². The average molecular weight is 319 g/mol. The van der Waals surface area contributed by atoms with E-state index in [1.807, 2.05) is 20.8 Å². The minimum absolute atomic E-state index is 0.0548. The Morgan fingerprint density at radius 2 is 2.17 bits per heavy atom. The van der Waals surface area contributed by atoms with Crippen molar-refractivity contribution in [1.29, 1.82) is 0 Å². The molecular formula is C17H21NO5. The summed E-state index contributed by atoms with van der Waals surface area (Å²) in [7, 11) is 0. The summed E-state index contributed by atoms with van der Waals surface area (Å²) in [5.74, 6) is -0.156. The summed E-state index contributed by atoms with van der Waals surface area (Å²) < 4.78 is 11.4. The molecule has 1 aromatic carbocycles. The van der Waals surface area contributed by atoms with E-state index in [9.17, 15) is 9.59 Å². The van der Waals surface area contributed by atoms with Gasteiger partial charge in [0.05, 0.1) is 12.3 Å². The fourth-order valence-corrected chi connectivity index (χ4v) is 2.51. The molecule has 1 atom stereocenters. The third kappa shape index (κ3) is 3.47. The SMILES string of the molecule is CCOc1cc(/C=C/C(=O)O)cc2c1OC(C)C(=O)N2C(C)C. The maximum absolute atomic E-state index is 12.4. The first-order valence-corrected chi connectivity index (χ1v) is 7.56. The molecule has 6 heteroatoms. The molecule has 0 aromatic heterocycles. The number of ether oxygens (including phenoxy) is 2. The molecule has 1 aromatic rings. The first-order chi connectivity index (χ1) is 10.8. The highest BCUT2D eigenvalue weighted by molar-refractivity contribution is 6.01. The molecule has 1 N–H and O–H groups in total. The largest absolute Gasteiger partial charge is 0.490 e. The predicted octanol–water partition coefficient (Wildman–Crippen LogP) is 2.71. The second-order valence-corrected chi connectivity index (χ2v) is 5.53. The number of amides is 1. The van der Waals surface area contributed by atoms with Crippen LogP contribution in [0.15, 0.2) is 18.2 Å². The van der Waals surface area contributed by atoms with Crippen LogP contribution in [0.25, 0.3) is 6.08 Å². The number of nitrogens with zero attached hydrogens (tertiary/aromatic N) is 1. The molecule has 1 amide bonds. The maximum Gasteiger partial charge on any atom is 0.328 e. The van der Waals surface area contributed by atoms with Crippen molar-refractivity contribution in [1.82, 2.24) is 0 Å². The number of benzene rings is 1. The molecule has 0 radical (unpaired) electrons. The summed E-state index contributed by atoms with van der Waals surface area (Å²) in [5.41, 5.74) is 1.23. The summed E-state index contributed by atoms with van der Waals surface area (Å²) in [4.78, 5) is 24.8. The Bertz CT molecular complexity index is 651. The van der Waals surface area contributed by atoms with Gasteiger partial charge in [0, 0.05) is 12.1 Å². The molecule has 0 saturated carbocycles. The lowest BCUT2D eigenvalue weighted by Crippen LogP contribution is -2.48. The van der Waals surface area contributed by atoms with E-state index >= 15 is 0 Å². The van der Waals surface area contributed by atoms with Crippen LogP contribution in [-0.4, -0.2) is 35.7 Å². The normalized spacial score (nSPS) is 17.3. The fourth-order valence-electron chi connectivity index (χ4n) is 2.51. The Morgan fingerprint density at radius 3 is 2.74 bits per heavy atom. The lowest BCUT2D eigenvalue weighted by molar-refractivity contribution is -0.131. The van der Waals surface area contributed by atoms with Gasteiger partial charge in [-0.1, -0.05) is 0 Å². The second kappa shape index (κ2) is 6.73. The molecule has 0 saturated heterocycles. The number of rotatable bonds is 5. The molecule has 2 rings (SSSR count). The van der Waals surface area contributed by atoms with Crippen LogP contribution in [0.5, 0.6) is 11.5 Å². The van der Waals surface area contributed by atoms with Gasteiger partial charge in [-0.3, -0.25) is 4.79 Å². The van der Waals surface area contributed by atoms with Crippen molar-refractivity contribution in [3.63, 3.8) is 0 Å². The highest BCUT2D eigenvalue weighted by Crippen LogP contribution is 2.44. The lowest BCUT2D eigenvalue weighted by Gasteiger charge is -2.36. The molecule has 1 aliphatic heterocycles. The molecule has 6 nitrogen and oxygen atoms in total. The molecule has 0 bridgehead atoms. The van der Waals surface area contributed by atoms with Gasteiger partial charge in [-0.15, -0.1) is 0 Å².